The molecule has 2 unspecified atom stereocenters. The number of fused-ring (bicyclic) bond motifs is 1. The van der Waals surface area contributed by atoms with Gasteiger partial charge in [0, 0.05) is 23.6 Å². The summed E-state index contributed by atoms with van der Waals surface area (Å²) in [7, 11) is 0. The van der Waals surface area contributed by atoms with Crippen molar-refractivity contribution < 1.29 is 0 Å². The fraction of sp³-hybridized carbons (Fsp3) is 0.500. The summed E-state index contributed by atoms with van der Waals surface area (Å²) in [5, 5.41) is 12.9. The molecule has 2 aliphatic heterocycles. The van der Waals surface area contributed by atoms with Crippen molar-refractivity contribution in [2.75, 3.05) is 24.5 Å². The highest BCUT2D eigenvalue weighted by atomic mass is 79.9. The van der Waals surface area contributed by atoms with Crippen LogP contribution in [-0.2, 0) is 0 Å². The quantitative estimate of drug-likeness (QED) is 0.866. The van der Waals surface area contributed by atoms with E-state index in [4.69, 9.17) is 0 Å². The maximum absolute atomic E-state index is 9.30. The van der Waals surface area contributed by atoms with Crippen LogP contribution in [0.3, 0.4) is 0 Å². The third kappa shape index (κ3) is 2.02. The largest absolute Gasteiger partial charge is 0.369 e. The maximum atomic E-state index is 9.30. The molecule has 1 aromatic carbocycles. The molecular weight excluding hydrogens is 290 g/mol. The number of nitriles is 1. The summed E-state index contributed by atoms with van der Waals surface area (Å²) in [6, 6.07) is 8.91. The van der Waals surface area contributed by atoms with Gasteiger partial charge in [0.15, 0.2) is 0 Å². The van der Waals surface area contributed by atoms with Gasteiger partial charge in [0.1, 0.15) is 6.07 Å². The molecule has 2 heterocycles. The van der Waals surface area contributed by atoms with Crippen molar-refractivity contribution in [3.8, 4) is 6.07 Å². The molecule has 0 radical (unpaired) electrons. The summed E-state index contributed by atoms with van der Waals surface area (Å²) in [4.78, 5) is 2.36. The number of halogens is 1. The van der Waals surface area contributed by atoms with Crippen molar-refractivity contribution >= 4 is 21.6 Å². The molecular formula is C14H16BrN3. The first-order valence-corrected chi connectivity index (χ1v) is 7.26. The molecule has 94 valence electrons. The Morgan fingerprint density at radius 2 is 2.28 bits per heavy atom. The van der Waals surface area contributed by atoms with E-state index in [1.54, 1.807) is 0 Å². The predicted octanol–water partition coefficient (Wildman–Crippen LogP) is 2.51. The maximum Gasteiger partial charge on any atom is 0.103 e. The molecule has 0 bridgehead atoms. The van der Waals surface area contributed by atoms with Gasteiger partial charge in [-0.25, -0.2) is 0 Å². The number of anilines is 1. The topological polar surface area (TPSA) is 39.1 Å². The molecule has 2 saturated heterocycles. The van der Waals surface area contributed by atoms with Crippen LogP contribution in [0.2, 0.25) is 0 Å². The van der Waals surface area contributed by atoms with Gasteiger partial charge in [0.05, 0.1) is 11.3 Å². The van der Waals surface area contributed by atoms with E-state index >= 15 is 0 Å². The van der Waals surface area contributed by atoms with Crippen LogP contribution >= 0.6 is 15.9 Å². The molecule has 3 rings (SSSR count). The van der Waals surface area contributed by atoms with Gasteiger partial charge >= 0.3 is 0 Å². The third-order valence-corrected chi connectivity index (χ3v) is 4.70. The van der Waals surface area contributed by atoms with Gasteiger partial charge in [-0.1, -0.05) is 6.07 Å². The highest BCUT2D eigenvalue weighted by Crippen LogP contribution is 2.33. The van der Waals surface area contributed by atoms with Crippen molar-refractivity contribution in [2.45, 2.75) is 18.9 Å². The lowest BCUT2D eigenvalue weighted by atomic mass is 9.94. The lowest BCUT2D eigenvalue weighted by Gasteiger charge is -2.24. The van der Waals surface area contributed by atoms with Gasteiger partial charge in [-0.3, -0.25) is 0 Å². The molecule has 0 spiro atoms. The van der Waals surface area contributed by atoms with Crippen LogP contribution in [0.5, 0.6) is 0 Å². The van der Waals surface area contributed by atoms with Crippen LogP contribution in [0.25, 0.3) is 0 Å². The highest BCUT2D eigenvalue weighted by molar-refractivity contribution is 9.10. The SMILES string of the molecule is N#Cc1c(Br)cccc1N1CC2CCCNC2C1. The van der Waals surface area contributed by atoms with E-state index in [1.807, 2.05) is 12.1 Å². The minimum absolute atomic E-state index is 0.601. The second-order valence-electron chi connectivity index (χ2n) is 5.11. The molecule has 0 aliphatic carbocycles. The Hall–Kier alpha value is -1.05. The first-order valence-electron chi connectivity index (χ1n) is 6.46. The minimum atomic E-state index is 0.601. The van der Waals surface area contributed by atoms with Gasteiger partial charge in [0.25, 0.3) is 0 Å². The van der Waals surface area contributed by atoms with Crippen molar-refractivity contribution in [3.05, 3.63) is 28.2 Å². The van der Waals surface area contributed by atoms with E-state index in [0.29, 0.717) is 6.04 Å². The number of nitrogens with zero attached hydrogens (tertiary/aromatic N) is 2. The molecule has 0 amide bonds. The molecule has 2 fully saturated rings. The zero-order valence-electron chi connectivity index (χ0n) is 10.2. The fourth-order valence-corrected chi connectivity index (χ4v) is 3.57. The zero-order valence-corrected chi connectivity index (χ0v) is 11.8. The zero-order chi connectivity index (χ0) is 12.5. The Morgan fingerprint density at radius 3 is 3.06 bits per heavy atom. The molecule has 0 saturated carbocycles. The van der Waals surface area contributed by atoms with Crippen LogP contribution in [0, 0.1) is 17.2 Å². The minimum Gasteiger partial charge on any atom is -0.369 e. The molecule has 1 aromatic rings. The van der Waals surface area contributed by atoms with Crippen LogP contribution in [0.15, 0.2) is 22.7 Å². The normalized spacial score (nSPS) is 26.8. The van der Waals surface area contributed by atoms with E-state index in [1.165, 1.54) is 12.8 Å². The van der Waals surface area contributed by atoms with Gasteiger partial charge in [-0.05, 0) is 53.4 Å². The third-order valence-electron chi connectivity index (χ3n) is 4.04. The van der Waals surface area contributed by atoms with Crippen LogP contribution in [0.1, 0.15) is 18.4 Å². The van der Waals surface area contributed by atoms with E-state index in [2.05, 4.69) is 38.3 Å². The molecule has 4 heteroatoms. The lowest BCUT2D eigenvalue weighted by Crippen LogP contribution is -2.40. The van der Waals surface area contributed by atoms with Crippen molar-refractivity contribution in [1.82, 2.24) is 5.32 Å². The number of rotatable bonds is 1. The summed E-state index contributed by atoms with van der Waals surface area (Å²) in [5.74, 6) is 0.740. The number of piperidine rings is 1. The van der Waals surface area contributed by atoms with Crippen molar-refractivity contribution in [2.24, 2.45) is 5.92 Å². The van der Waals surface area contributed by atoms with Crippen molar-refractivity contribution in [1.29, 1.82) is 5.26 Å². The second kappa shape index (κ2) is 4.91. The van der Waals surface area contributed by atoms with E-state index in [9.17, 15) is 5.26 Å². The Morgan fingerprint density at radius 1 is 1.39 bits per heavy atom. The monoisotopic (exact) mass is 305 g/mol. The van der Waals surface area contributed by atoms with Crippen LogP contribution < -0.4 is 10.2 Å². The van der Waals surface area contributed by atoms with Gasteiger partial charge < -0.3 is 10.2 Å². The van der Waals surface area contributed by atoms with E-state index in [0.717, 1.165) is 41.3 Å². The lowest BCUT2D eigenvalue weighted by molar-refractivity contribution is 0.340. The summed E-state index contributed by atoms with van der Waals surface area (Å²) in [6.45, 7) is 3.23. The first-order chi connectivity index (χ1) is 8.79. The molecule has 18 heavy (non-hydrogen) atoms. The average Bonchev–Trinajstić information content (AvgIpc) is 2.82. The van der Waals surface area contributed by atoms with Crippen LogP contribution in [-0.4, -0.2) is 25.7 Å². The average molecular weight is 306 g/mol. The van der Waals surface area contributed by atoms with Crippen molar-refractivity contribution in [3.63, 3.8) is 0 Å². The fourth-order valence-electron chi connectivity index (χ4n) is 3.13. The molecule has 2 atom stereocenters. The second-order valence-corrected chi connectivity index (χ2v) is 5.97. The smallest absolute Gasteiger partial charge is 0.103 e. The highest BCUT2D eigenvalue weighted by Gasteiger charge is 2.35. The summed E-state index contributed by atoms with van der Waals surface area (Å²) in [6.07, 6.45) is 2.59. The summed E-state index contributed by atoms with van der Waals surface area (Å²) >= 11 is 3.47. The summed E-state index contributed by atoms with van der Waals surface area (Å²) in [5.41, 5.74) is 1.83. The molecule has 1 N–H and O–H groups in total. The van der Waals surface area contributed by atoms with Crippen LogP contribution in [0.4, 0.5) is 5.69 Å². The van der Waals surface area contributed by atoms with E-state index in [-0.39, 0.29) is 0 Å². The number of benzene rings is 1. The van der Waals surface area contributed by atoms with E-state index < -0.39 is 0 Å². The molecule has 2 aliphatic rings. The first kappa shape index (κ1) is 12.0. The Kier molecular flexibility index (Phi) is 3.27. The standard InChI is InChI=1S/C14H16BrN3/c15-12-4-1-5-14(11(12)7-16)18-8-10-3-2-6-17-13(10)9-18/h1,4-5,10,13,17H,2-3,6,8-9H2. The number of hydrogen-bond acceptors (Lipinski definition) is 3. The Labute approximate surface area is 116 Å². The van der Waals surface area contributed by atoms with Gasteiger partial charge in [0.2, 0.25) is 0 Å². The van der Waals surface area contributed by atoms with Gasteiger partial charge in [-0.15, -0.1) is 0 Å². The van der Waals surface area contributed by atoms with Gasteiger partial charge in [-0.2, -0.15) is 5.26 Å². The Balaban J connectivity index is 1.88. The molecule has 3 nitrogen and oxygen atoms in total. The number of nitrogens with one attached hydrogen (secondary N) is 1. The molecule has 0 aromatic heterocycles. The number of hydrogen-bond donors (Lipinski definition) is 1. The summed E-state index contributed by atoms with van der Waals surface area (Å²) < 4.78 is 0.894. The Bertz CT molecular complexity index is 480. The predicted molar refractivity (Wildman–Crippen MR) is 75.6 cm³/mol.